The summed E-state index contributed by atoms with van der Waals surface area (Å²) in [4.78, 5) is 2.42. The molecule has 2 aliphatic heterocycles. The topological polar surface area (TPSA) is 12.5 Å². The minimum absolute atomic E-state index is 0.195. The summed E-state index contributed by atoms with van der Waals surface area (Å²) in [5.74, 6) is 1.14. The Bertz CT molecular complexity index is 479. The van der Waals surface area contributed by atoms with Gasteiger partial charge in [-0.05, 0) is 50.0 Å². The Morgan fingerprint density at radius 2 is 1.84 bits per heavy atom. The number of ether oxygens (including phenoxy) is 1. The third-order valence-corrected chi connectivity index (χ3v) is 4.87. The first-order valence-corrected chi connectivity index (χ1v) is 7.37. The van der Waals surface area contributed by atoms with Crippen LogP contribution in [0.15, 0.2) is 18.2 Å². The maximum atomic E-state index is 6.04. The third kappa shape index (κ3) is 2.16. The molecule has 0 bridgehead atoms. The fourth-order valence-electron chi connectivity index (χ4n) is 3.30. The molecular formula is C17H25NO. The second-order valence-electron chi connectivity index (χ2n) is 7.33. The normalized spacial score (nSPS) is 22.3. The molecule has 2 heteroatoms. The largest absolute Gasteiger partial charge is 0.492 e. The van der Waals surface area contributed by atoms with Gasteiger partial charge in [-0.25, -0.2) is 0 Å². The molecule has 19 heavy (non-hydrogen) atoms. The molecule has 0 saturated carbocycles. The van der Waals surface area contributed by atoms with Crippen molar-refractivity contribution in [2.45, 2.75) is 44.4 Å². The molecule has 3 rings (SSSR count). The molecule has 1 spiro atoms. The average Bonchev–Trinajstić information content (AvgIpc) is 2.71. The summed E-state index contributed by atoms with van der Waals surface area (Å²) in [6.07, 6.45) is 2.46. The smallest absolute Gasteiger partial charge is 0.123 e. The van der Waals surface area contributed by atoms with E-state index in [4.69, 9.17) is 4.74 Å². The van der Waals surface area contributed by atoms with Crippen molar-refractivity contribution >= 4 is 0 Å². The lowest BCUT2D eigenvalue weighted by Crippen LogP contribution is -2.41. The van der Waals surface area contributed by atoms with Gasteiger partial charge in [-0.15, -0.1) is 0 Å². The lowest BCUT2D eigenvalue weighted by atomic mass is 9.73. The quantitative estimate of drug-likeness (QED) is 0.708. The van der Waals surface area contributed by atoms with Crippen LogP contribution in [0.3, 0.4) is 0 Å². The molecule has 104 valence electrons. The van der Waals surface area contributed by atoms with Crippen LogP contribution in [-0.2, 0) is 10.8 Å². The van der Waals surface area contributed by atoms with Crippen LogP contribution in [0, 0.1) is 0 Å². The second-order valence-corrected chi connectivity index (χ2v) is 7.33. The number of benzene rings is 1. The third-order valence-electron chi connectivity index (χ3n) is 4.87. The summed E-state index contributed by atoms with van der Waals surface area (Å²) in [7, 11) is 2.21. The molecule has 1 aromatic rings. The van der Waals surface area contributed by atoms with Crippen molar-refractivity contribution in [3.63, 3.8) is 0 Å². The number of rotatable bonds is 0. The van der Waals surface area contributed by atoms with Gasteiger partial charge in [0.15, 0.2) is 0 Å². The number of hydrogen-bond acceptors (Lipinski definition) is 2. The monoisotopic (exact) mass is 259 g/mol. The summed E-state index contributed by atoms with van der Waals surface area (Å²) < 4.78 is 6.04. The zero-order valence-corrected chi connectivity index (χ0v) is 12.6. The zero-order chi connectivity index (χ0) is 13.7. The Labute approximate surface area is 116 Å². The van der Waals surface area contributed by atoms with Crippen molar-refractivity contribution in [1.82, 2.24) is 4.90 Å². The molecule has 1 aromatic carbocycles. The van der Waals surface area contributed by atoms with E-state index in [1.807, 2.05) is 0 Å². The lowest BCUT2D eigenvalue weighted by Gasteiger charge is -2.36. The van der Waals surface area contributed by atoms with Crippen molar-refractivity contribution in [1.29, 1.82) is 0 Å². The first kappa shape index (κ1) is 13.0. The molecule has 0 aromatic heterocycles. The van der Waals surface area contributed by atoms with Crippen LogP contribution in [0.25, 0.3) is 0 Å². The van der Waals surface area contributed by atoms with Gasteiger partial charge >= 0.3 is 0 Å². The molecule has 0 aliphatic carbocycles. The summed E-state index contributed by atoms with van der Waals surface area (Å²) in [6, 6.07) is 6.89. The fraction of sp³-hybridized carbons (Fsp3) is 0.647. The van der Waals surface area contributed by atoms with Gasteiger partial charge in [-0.1, -0.05) is 32.9 Å². The molecule has 1 saturated heterocycles. The Hall–Kier alpha value is -1.02. The molecule has 0 amide bonds. The van der Waals surface area contributed by atoms with E-state index in [1.165, 1.54) is 37.1 Å². The first-order valence-electron chi connectivity index (χ1n) is 7.37. The Morgan fingerprint density at radius 1 is 1.16 bits per heavy atom. The standard InChI is InChI=1S/C17H25NO/c1-16(2,3)13-5-6-14-15(11-13)19-12-17(14)7-9-18(4)10-8-17/h5-6,11H,7-10,12H2,1-4H3. The molecule has 1 fully saturated rings. The Morgan fingerprint density at radius 3 is 2.47 bits per heavy atom. The molecular weight excluding hydrogens is 234 g/mol. The van der Waals surface area contributed by atoms with Crippen LogP contribution in [0.1, 0.15) is 44.7 Å². The van der Waals surface area contributed by atoms with Crippen LogP contribution in [0.5, 0.6) is 5.75 Å². The van der Waals surface area contributed by atoms with Crippen LogP contribution in [-0.4, -0.2) is 31.6 Å². The van der Waals surface area contributed by atoms with Crippen LogP contribution in [0.2, 0.25) is 0 Å². The van der Waals surface area contributed by atoms with Crippen molar-refractivity contribution in [2.75, 3.05) is 26.7 Å². The molecule has 2 heterocycles. The van der Waals surface area contributed by atoms with Gasteiger partial charge in [-0.2, -0.15) is 0 Å². The minimum Gasteiger partial charge on any atom is -0.492 e. The summed E-state index contributed by atoms with van der Waals surface area (Å²) in [5, 5.41) is 0. The fourth-order valence-corrected chi connectivity index (χ4v) is 3.30. The number of likely N-dealkylation sites (tertiary alicyclic amines) is 1. The Balaban J connectivity index is 1.94. The molecule has 0 unspecified atom stereocenters. The van der Waals surface area contributed by atoms with E-state index in [0.717, 1.165) is 12.4 Å². The maximum absolute atomic E-state index is 6.04. The molecule has 2 nitrogen and oxygen atoms in total. The van der Waals surface area contributed by atoms with Crippen LogP contribution < -0.4 is 4.74 Å². The van der Waals surface area contributed by atoms with Gasteiger partial charge in [0.25, 0.3) is 0 Å². The highest BCUT2D eigenvalue weighted by molar-refractivity contribution is 5.47. The van der Waals surface area contributed by atoms with Gasteiger partial charge in [-0.3, -0.25) is 0 Å². The van der Waals surface area contributed by atoms with E-state index in [-0.39, 0.29) is 10.8 Å². The average molecular weight is 259 g/mol. The van der Waals surface area contributed by atoms with Gasteiger partial charge in [0, 0.05) is 11.0 Å². The summed E-state index contributed by atoms with van der Waals surface area (Å²) in [6.45, 7) is 10.0. The van der Waals surface area contributed by atoms with Gasteiger partial charge in [0.1, 0.15) is 5.75 Å². The molecule has 0 N–H and O–H groups in total. The second kappa shape index (κ2) is 4.24. The highest BCUT2D eigenvalue weighted by Crippen LogP contribution is 2.46. The lowest BCUT2D eigenvalue weighted by molar-refractivity contribution is 0.155. The van der Waals surface area contributed by atoms with Crippen molar-refractivity contribution in [3.05, 3.63) is 29.3 Å². The van der Waals surface area contributed by atoms with Gasteiger partial charge < -0.3 is 9.64 Å². The van der Waals surface area contributed by atoms with E-state index >= 15 is 0 Å². The molecule has 0 atom stereocenters. The van der Waals surface area contributed by atoms with Crippen LogP contribution >= 0.6 is 0 Å². The van der Waals surface area contributed by atoms with E-state index in [1.54, 1.807) is 0 Å². The number of fused-ring (bicyclic) bond motifs is 2. The predicted octanol–water partition coefficient (Wildman–Crippen LogP) is 3.34. The van der Waals surface area contributed by atoms with Crippen LogP contribution in [0.4, 0.5) is 0 Å². The molecule has 0 radical (unpaired) electrons. The predicted molar refractivity (Wildman–Crippen MR) is 79.0 cm³/mol. The summed E-state index contributed by atoms with van der Waals surface area (Å²) >= 11 is 0. The number of piperidine rings is 1. The number of hydrogen-bond donors (Lipinski definition) is 0. The Kier molecular flexibility index (Phi) is 2.90. The van der Waals surface area contributed by atoms with Crippen molar-refractivity contribution in [2.24, 2.45) is 0 Å². The zero-order valence-electron chi connectivity index (χ0n) is 12.6. The highest BCUT2D eigenvalue weighted by atomic mass is 16.5. The first-order chi connectivity index (χ1) is 8.91. The van der Waals surface area contributed by atoms with Crippen molar-refractivity contribution < 1.29 is 4.74 Å². The van der Waals surface area contributed by atoms with E-state index in [2.05, 4.69) is 50.9 Å². The van der Waals surface area contributed by atoms with Gasteiger partial charge in [0.2, 0.25) is 0 Å². The van der Waals surface area contributed by atoms with E-state index in [0.29, 0.717) is 0 Å². The highest BCUT2D eigenvalue weighted by Gasteiger charge is 2.42. The SMILES string of the molecule is CN1CCC2(CC1)COc1cc(C(C)(C)C)ccc12. The minimum atomic E-state index is 0.195. The maximum Gasteiger partial charge on any atom is 0.123 e. The van der Waals surface area contributed by atoms with Crippen molar-refractivity contribution in [3.8, 4) is 5.75 Å². The molecule has 2 aliphatic rings. The summed E-state index contributed by atoms with van der Waals surface area (Å²) in [5.41, 5.74) is 3.31. The van der Waals surface area contributed by atoms with Gasteiger partial charge in [0.05, 0.1) is 6.61 Å². The number of nitrogens with zero attached hydrogens (tertiary/aromatic N) is 1. The van der Waals surface area contributed by atoms with E-state index in [9.17, 15) is 0 Å². The van der Waals surface area contributed by atoms with E-state index < -0.39 is 0 Å².